The number of halogens is 1. The summed E-state index contributed by atoms with van der Waals surface area (Å²) in [5.41, 5.74) is 2.68. The zero-order valence-electron chi connectivity index (χ0n) is 13.4. The van der Waals surface area contributed by atoms with Crippen LogP contribution in [0.15, 0.2) is 48.5 Å². The van der Waals surface area contributed by atoms with Crippen LogP contribution in [0.25, 0.3) is 11.4 Å². The van der Waals surface area contributed by atoms with E-state index in [2.05, 4.69) is 26.7 Å². The van der Waals surface area contributed by atoms with Crippen LogP contribution in [0, 0.1) is 0 Å². The van der Waals surface area contributed by atoms with Crippen LogP contribution >= 0.6 is 11.6 Å². The molecule has 6 nitrogen and oxygen atoms in total. The summed E-state index contributed by atoms with van der Waals surface area (Å²) in [5.74, 6) is 0.895. The second kappa shape index (κ2) is 6.64. The number of aromatic nitrogens is 4. The third-order valence-electron chi connectivity index (χ3n) is 4.53. The summed E-state index contributed by atoms with van der Waals surface area (Å²) in [6, 6.07) is 15.2. The fourth-order valence-electron chi connectivity index (χ4n) is 3.21. The largest absolute Gasteiger partial charge is 0.338 e. The van der Waals surface area contributed by atoms with Crippen LogP contribution < -0.4 is 0 Å². The Morgan fingerprint density at radius 2 is 2.04 bits per heavy atom. The Labute approximate surface area is 149 Å². The molecule has 1 amide bonds. The van der Waals surface area contributed by atoms with Crippen molar-refractivity contribution in [3.8, 4) is 11.4 Å². The van der Waals surface area contributed by atoms with E-state index in [1.54, 1.807) is 12.1 Å². The Hall–Kier alpha value is -2.73. The predicted molar refractivity (Wildman–Crippen MR) is 94.3 cm³/mol. The Balaban J connectivity index is 1.46. The maximum atomic E-state index is 12.7. The van der Waals surface area contributed by atoms with Crippen molar-refractivity contribution in [2.45, 2.75) is 12.3 Å². The van der Waals surface area contributed by atoms with Gasteiger partial charge in [-0.2, -0.15) is 5.21 Å². The third kappa shape index (κ3) is 3.25. The molecule has 4 rings (SSSR count). The van der Waals surface area contributed by atoms with E-state index in [0.717, 1.165) is 23.6 Å². The molecule has 1 fully saturated rings. The first-order chi connectivity index (χ1) is 12.2. The molecule has 2 aromatic carbocycles. The number of tetrazole rings is 1. The standard InChI is InChI=1S/C18H16ClN5O/c19-16-3-1-2-14(10-16)15-8-9-24(11-15)18(25)13-6-4-12(5-7-13)17-20-22-23-21-17/h1-7,10,15H,8-9,11H2,(H,20,21,22,23). The van der Waals surface area contributed by atoms with Crippen LogP contribution in [0.4, 0.5) is 0 Å². The maximum absolute atomic E-state index is 12.7. The van der Waals surface area contributed by atoms with E-state index in [1.807, 2.05) is 35.2 Å². The minimum atomic E-state index is 0.0455. The molecule has 1 atom stereocenters. The number of nitrogens with one attached hydrogen (secondary N) is 1. The summed E-state index contributed by atoms with van der Waals surface area (Å²) < 4.78 is 0. The van der Waals surface area contributed by atoms with Gasteiger partial charge in [0.2, 0.25) is 5.82 Å². The van der Waals surface area contributed by atoms with Crippen LogP contribution in [0.2, 0.25) is 5.02 Å². The fourth-order valence-corrected chi connectivity index (χ4v) is 3.40. The number of amides is 1. The zero-order chi connectivity index (χ0) is 17.2. The molecule has 0 bridgehead atoms. The lowest BCUT2D eigenvalue weighted by atomic mass is 9.99. The molecule has 25 heavy (non-hydrogen) atoms. The van der Waals surface area contributed by atoms with Crippen molar-refractivity contribution in [1.29, 1.82) is 0 Å². The maximum Gasteiger partial charge on any atom is 0.253 e. The van der Waals surface area contributed by atoms with Crippen molar-refractivity contribution in [3.63, 3.8) is 0 Å². The summed E-state index contributed by atoms with van der Waals surface area (Å²) in [4.78, 5) is 14.6. The van der Waals surface area contributed by atoms with Gasteiger partial charge in [-0.3, -0.25) is 4.79 Å². The molecule has 1 aliphatic heterocycles. The van der Waals surface area contributed by atoms with Crippen LogP contribution in [0.5, 0.6) is 0 Å². The van der Waals surface area contributed by atoms with E-state index in [1.165, 1.54) is 5.56 Å². The Kier molecular flexibility index (Phi) is 4.19. The minimum Gasteiger partial charge on any atom is -0.338 e. The lowest BCUT2D eigenvalue weighted by molar-refractivity contribution is 0.0791. The van der Waals surface area contributed by atoms with Crippen molar-refractivity contribution in [1.82, 2.24) is 25.5 Å². The monoisotopic (exact) mass is 353 g/mol. The van der Waals surface area contributed by atoms with Gasteiger partial charge in [0.05, 0.1) is 0 Å². The number of H-pyrrole nitrogens is 1. The number of nitrogens with zero attached hydrogens (tertiary/aromatic N) is 4. The Morgan fingerprint density at radius 3 is 2.76 bits per heavy atom. The second-order valence-electron chi connectivity index (χ2n) is 6.10. The van der Waals surface area contributed by atoms with E-state index in [0.29, 0.717) is 23.9 Å². The number of carbonyl (C=O) groups is 1. The summed E-state index contributed by atoms with van der Waals surface area (Å²) in [5, 5.41) is 14.6. The molecule has 0 saturated carbocycles. The molecular formula is C18H16ClN5O. The van der Waals surface area contributed by atoms with Gasteiger partial charge in [0.1, 0.15) is 0 Å². The first kappa shape index (κ1) is 15.8. The smallest absolute Gasteiger partial charge is 0.253 e. The molecule has 1 saturated heterocycles. The number of rotatable bonds is 3. The highest BCUT2D eigenvalue weighted by atomic mass is 35.5. The van der Waals surface area contributed by atoms with E-state index >= 15 is 0 Å². The average molecular weight is 354 g/mol. The lowest BCUT2D eigenvalue weighted by Crippen LogP contribution is -2.28. The lowest BCUT2D eigenvalue weighted by Gasteiger charge is -2.17. The molecule has 1 aliphatic rings. The molecule has 2 heterocycles. The molecule has 0 aliphatic carbocycles. The number of hydrogen-bond acceptors (Lipinski definition) is 4. The van der Waals surface area contributed by atoms with Crippen molar-refractivity contribution < 1.29 is 4.79 Å². The van der Waals surface area contributed by atoms with Gasteiger partial charge < -0.3 is 4.90 Å². The fraction of sp³-hybridized carbons (Fsp3) is 0.222. The molecule has 1 N–H and O–H groups in total. The molecule has 3 aromatic rings. The molecule has 1 unspecified atom stereocenters. The number of hydrogen-bond donors (Lipinski definition) is 1. The summed E-state index contributed by atoms with van der Waals surface area (Å²) >= 11 is 6.08. The quantitative estimate of drug-likeness (QED) is 0.784. The highest BCUT2D eigenvalue weighted by Crippen LogP contribution is 2.29. The van der Waals surface area contributed by atoms with Crippen molar-refractivity contribution in [2.24, 2.45) is 0 Å². The van der Waals surface area contributed by atoms with Crippen molar-refractivity contribution >= 4 is 17.5 Å². The van der Waals surface area contributed by atoms with Gasteiger partial charge in [0, 0.05) is 35.2 Å². The highest BCUT2D eigenvalue weighted by Gasteiger charge is 2.28. The third-order valence-corrected chi connectivity index (χ3v) is 4.77. The van der Waals surface area contributed by atoms with Crippen LogP contribution in [0.3, 0.4) is 0 Å². The molecule has 1 aromatic heterocycles. The SMILES string of the molecule is O=C(c1ccc(-c2nn[nH]n2)cc1)N1CCC(c2cccc(Cl)c2)C1. The van der Waals surface area contributed by atoms with Crippen LogP contribution in [-0.2, 0) is 0 Å². The number of carbonyl (C=O) groups excluding carboxylic acids is 1. The molecule has 126 valence electrons. The van der Waals surface area contributed by atoms with Gasteiger partial charge in [0.15, 0.2) is 0 Å². The van der Waals surface area contributed by atoms with E-state index in [-0.39, 0.29) is 5.91 Å². The number of likely N-dealkylation sites (tertiary alicyclic amines) is 1. The topological polar surface area (TPSA) is 74.8 Å². The van der Waals surface area contributed by atoms with Crippen LogP contribution in [-0.4, -0.2) is 44.5 Å². The normalized spacial score (nSPS) is 17.0. The second-order valence-corrected chi connectivity index (χ2v) is 6.54. The summed E-state index contributed by atoms with van der Waals surface area (Å²) in [6.45, 7) is 1.47. The van der Waals surface area contributed by atoms with Gasteiger partial charge in [-0.25, -0.2) is 0 Å². The van der Waals surface area contributed by atoms with Crippen molar-refractivity contribution in [2.75, 3.05) is 13.1 Å². The summed E-state index contributed by atoms with van der Waals surface area (Å²) in [6.07, 6.45) is 0.951. The summed E-state index contributed by atoms with van der Waals surface area (Å²) in [7, 11) is 0. The van der Waals surface area contributed by atoms with Gasteiger partial charge in [-0.05, 0) is 41.5 Å². The first-order valence-corrected chi connectivity index (χ1v) is 8.47. The van der Waals surface area contributed by atoms with E-state index in [9.17, 15) is 4.79 Å². The zero-order valence-corrected chi connectivity index (χ0v) is 14.1. The van der Waals surface area contributed by atoms with E-state index < -0.39 is 0 Å². The minimum absolute atomic E-state index is 0.0455. The average Bonchev–Trinajstić information content (AvgIpc) is 3.33. The highest BCUT2D eigenvalue weighted by molar-refractivity contribution is 6.30. The molecule has 7 heteroatoms. The Bertz CT molecular complexity index is 879. The van der Waals surface area contributed by atoms with Gasteiger partial charge in [-0.1, -0.05) is 35.9 Å². The molecule has 0 radical (unpaired) electrons. The van der Waals surface area contributed by atoms with Gasteiger partial charge in [0.25, 0.3) is 5.91 Å². The van der Waals surface area contributed by atoms with Crippen LogP contribution in [0.1, 0.15) is 28.3 Å². The van der Waals surface area contributed by atoms with Gasteiger partial charge >= 0.3 is 0 Å². The Morgan fingerprint density at radius 1 is 1.20 bits per heavy atom. The van der Waals surface area contributed by atoms with E-state index in [4.69, 9.17) is 11.6 Å². The molecule has 0 spiro atoms. The first-order valence-electron chi connectivity index (χ1n) is 8.09. The predicted octanol–water partition coefficient (Wildman–Crippen LogP) is 3.15. The number of benzene rings is 2. The van der Waals surface area contributed by atoms with Crippen molar-refractivity contribution in [3.05, 3.63) is 64.7 Å². The number of aromatic amines is 1. The van der Waals surface area contributed by atoms with Gasteiger partial charge in [-0.15, -0.1) is 10.2 Å². The molecular weight excluding hydrogens is 338 g/mol.